The number of hydrogen-bond donors (Lipinski definition) is 2. The number of ketones is 1. The summed E-state index contributed by atoms with van der Waals surface area (Å²) >= 11 is 0. The van der Waals surface area contributed by atoms with Crippen molar-refractivity contribution >= 4 is 23.1 Å². The van der Waals surface area contributed by atoms with Crippen LogP contribution in [0.25, 0.3) is 11.1 Å². The molecule has 0 aromatic heterocycles. The summed E-state index contributed by atoms with van der Waals surface area (Å²) in [5.41, 5.74) is -0.446. The summed E-state index contributed by atoms with van der Waals surface area (Å²) in [6, 6.07) is 5.70. The third-order valence-corrected chi connectivity index (χ3v) is 3.95. The van der Waals surface area contributed by atoms with Gasteiger partial charge in [-0.2, -0.15) is 0 Å². The lowest BCUT2D eigenvalue weighted by Crippen LogP contribution is -2.27. The van der Waals surface area contributed by atoms with Gasteiger partial charge in [-0.1, -0.05) is 0 Å². The lowest BCUT2D eigenvalue weighted by molar-refractivity contribution is -0.385. The van der Waals surface area contributed by atoms with Crippen molar-refractivity contribution < 1.29 is 24.5 Å². The Labute approximate surface area is 145 Å². The van der Waals surface area contributed by atoms with Crippen molar-refractivity contribution in [1.82, 2.24) is 5.32 Å². The fraction of sp³-hybridized carbons (Fsp3) is 0.125. The molecule has 0 heterocycles. The van der Waals surface area contributed by atoms with E-state index >= 15 is 0 Å². The van der Waals surface area contributed by atoms with Crippen molar-refractivity contribution in [3.63, 3.8) is 0 Å². The Kier molecular flexibility index (Phi) is 4.18. The number of non-ortho nitro benzene ring substituents is 2. The third-order valence-electron chi connectivity index (χ3n) is 3.95. The molecule has 1 aliphatic carbocycles. The Balaban J connectivity index is 2.24. The maximum atomic E-state index is 12.6. The van der Waals surface area contributed by atoms with E-state index < -0.39 is 27.2 Å². The van der Waals surface area contributed by atoms with Crippen LogP contribution in [0.3, 0.4) is 0 Å². The highest BCUT2D eigenvalue weighted by atomic mass is 16.6. The van der Waals surface area contributed by atoms with Gasteiger partial charge in [-0.05, 0) is 11.6 Å². The van der Waals surface area contributed by atoms with E-state index in [1.165, 1.54) is 12.1 Å². The van der Waals surface area contributed by atoms with Gasteiger partial charge in [-0.15, -0.1) is 0 Å². The molecule has 2 aromatic rings. The van der Waals surface area contributed by atoms with Gasteiger partial charge in [0, 0.05) is 47.5 Å². The second kappa shape index (κ2) is 6.33. The van der Waals surface area contributed by atoms with Crippen LogP contribution in [-0.2, 0) is 0 Å². The highest BCUT2D eigenvalue weighted by molar-refractivity contribution is 6.25. The van der Waals surface area contributed by atoms with Gasteiger partial charge in [0.2, 0.25) is 0 Å². The smallest absolute Gasteiger partial charge is 0.271 e. The van der Waals surface area contributed by atoms with Gasteiger partial charge in [0.25, 0.3) is 17.3 Å². The van der Waals surface area contributed by atoms with Gasteiger partial charge in [0.15, 0.2) is 5.78 Å². The molecule has 0 fully saturated rings. The molecule has 10 heteroatoms. The van der Waals surface area contributed by atoms with Gasteiger partial charge < -0.3 is 10.4 Å². The molecule has 2 aromatic carbocycles. The van der Waals surface area contributed by atoms with Crippen LogP contribution in [0.5, 0.6) is 0 Å². The summed E-state index contributed by atoms with van der Waals surface area (Å²) in [6.07, 6.45) is 0. The van der Waals surface area contributed by atoms with Gasteiger partial charge in [0.1, 0.15) is 0 Å². The van der Waals surface area contributed by atoms with E-state index in [9.17, 15) is 29.8 Å². The second-order valence-corrected chi connectivity index (χ2v) is 5.47. The minimum absolute atomic E-state index is 0.00547. The Hall–Kier alpha value is -3.66. The number of benzene rings is 2. The van der Waals surface area contributed by atoms with Crippen LogP contribution < -0.4 is 5.32 Å². The monoisotopic (exact) mass is 357 g/mol. The van der Waals surface area contributed by atoms with Crippen LogP contribution in [0.15, 0.2) is 30.3 Å². The van der Waals surface area contributed by atoms with Crippen LogP contribution in [-0.4, -0.2) is 39.8 Å². The SMILES string of the molecule is O=C(NCCO)c1cc([N+](=O)[O-])cc2c1-c1ccc([N+](=O)[O-])cc1C2=O. The van der Waals surface area contributed by atoms with Crippen molar-refractivity contribution in [3.05, 3.63) is 67.3 Å². The minimum atomic E-state index is -0.734. The van der Waals surface area contributed by atoms with E-state index in [4.69, 9.17) is 5.11 Å². The lowest BCUT2D eigenvalue weighted by atomic mass is 9.97. The summed E-state index contributed by atoms with van der Waals surface area (Å²) in [5, 5.41) is 33.3. The van der Waals surface area contributed by atoms with Crippen molar-refractivity contribution in [2.45, 2.75) is 0 Å². The molecule has 0 radical (unpaired) electrons. The molecule has 0 aliphatic heterocycles. The summed E-state index contributed by atoms with van der Waals surface area (Å²) in [4.78, 5) is 45.7. The molecule has 1 amide bonds. The topological polar surface area (TPSA) is 153 Å². The zero-order valence-corrected chi connectivity index (χ0v) is 13.1. The molecule has 0 spiro atoms. The highest BCUT2D eigenvalue weighted by Gasteiger charge is 2.34. The van der Waals surface area contributed by atoms with Crippen LogP contribution in [0, 0.1) is 20.2 Å². The largest absolute Gasteiger partial charge is 0.395 e. The van der Waals surface area contributed by atoms with Gasteiger partial charge >= 0.3 is 0 Å². The summed E-state index contributed by atoms with van der Waals surface area (Å²) < 4.78 is 0. The van der Waals surface area contributed by atoms with Crippen LogP contribution >= 0.6 is 0 Å². The number of nitro benzene ring substituents is 2. The average Bonchev–Trinajstić information content (AvgIpc) is 2.91. The van der Waals surface area contributed by atoms with E-state index in [0.29, 0.717) is 5.56 Å². The van der Waals surface area contributed by atoms with Crippen molar-refractivity contribution in [1.29, 1.82) is 0 Å². The summed E-state index contributed by atoms with van der Waals surface area (Å²) in [6.45, 7) is -0.401. The van der Waals surface area contributed by atoms with E-state index in [1.54, 1.807) is 0 Å². The first-order valence-electron chi connectivity index (χ1n) is 7.40. The molecule has 132 valence electrons. The highest BCUT2D eigenvalue weighted by Crippen LogP contribution is 2.42. The number of amides is 1. The number of rotatable bonds is 5. The number of aliphatic hydroxyl groups is 1. The predicted octanol–water partition coefficient (Wildman–Crippen LogP) is 1.44. The zero-order valence-electron chi connectivity index (χ0n) is 13.1. The normalized spacial score (nSPS) is 11.7. The Morgan fingerprint density at radius 3 is 2.27 bits per heavy atom. The first-order valence-corrected chi connectivity index (χ1v) is 7.40. The minimum Gasteiger partial charge on any atom is -0.395 e. The van der Waals surface area contributed by atoms with Crippen molar-refractivity contribution in [2.24, 2.45) is 0 Å². The Bertz CT molecular complexity index is 984. The van der Waals surface area contributed by atoms with E-state index in [0.717, 1.165) is 18.2 Å². The molecule has 0 saturated carbocycles. The Morgan fingerprint density at radius 1 is 1.00 bits per heavy atom. The zero-order chi connectivity index (χ0) is 19.0. The average molecular weight is 357 g/mol. The Morgan fingerprint density at radius 2 is 1.65 bits per heavy atom. The first-order chi connectivity index (χ1) is 12.3. The number of carbonyl (C=O) groups is 2. The number of hydrogen-bond acceptors (Lipinski definition) is 7. The van der Waals surface area contributed by atoms with Crippen LogP contribution in [0.2, 0.25) is 0 Å². The van der Waals surface area contributed by atoms with Crippen molar-refractivity contribution in [2.75, 3.05) is 13.2 Å². The maximum Gasteiger partial charge on any atom is 0.271 e. The van der Waals surface area contributed by atoms with Crippen molar-refractivity contribution in [3.8, 4) is 11.1 Å². The molecule has 0 bridgehead atoms. The fourth-order valence-corrected chi connectivity index (χ4v) is 2.84. The van der Waals surface area contributed by atoms with Gasteiger partial charge in [-0.25, -0.2) is 0 Å². The molecule has 0 unspecified atom stereocenters. The fourth-order valence-electron chi connectivity index (χ4n) is 2.84. The molecule has 3 rings (SSSR count). The predicted molar refractivity (Wildman–Crippen MR) is 88.0 cm³/mol. The standard InChI is InChI=1S/C16H11N3O7/c20-4-3-17-16(22)13-7-9(19(25)26)6-12-14(13)10-2-1-8(18(23)24)5-11(10)15(12)21/h1-2,5-7,20H,3-4H2,(H,17,22). The quantitative estimate of drug-likeness (QED) is 0.517. The van der Waals surface area contributed by atoms with Gasteiger partial charge in [0.05, 0.1) is 22.0 Å². The first kappa shape index (κ1) is 17.2. The van der Waals surface area contributed by atoms with Crippen LogP contribution in [0.1, 0.15) is 26.3 Å². The molecule has 1 aliphatic rings. The summed E-state index contributed by atoms with van der Waals surface area (Å²) in [5.74, 6) is -1.32. The number of fused-ring (bicyclic) bond motifs is 3. The molecule has 10 nitrogen and oxygen atoms in total. The number of carbonyl (C=O) groups excluding carboxylic acids is 2. The van der Waals surface area contributed by atoms with Gasteiger partial charge in [-0.3, -0.25) is 29.8 Å². The molecule has 26 heavy (non-hydrogen) atoms. The van der Waals surface area contributed by atoms with E-state index in [-0.39, 0.29) is 41.1 Å². The van der Waals surface area contributed by atoms with E-state index in [2.05, 4.69) is 5.32 Å². The second-order valence-electron chi connectivity index (χ2n) is 5.47. The molecule has 2 N–H and O–H groups in total. The number of nitrogens with zero attached hydrogens (tertiary/aromatic N) is 2. The molecule has 0 atom stereocenters. The number of nitro groups is 2. The number of nitrogens with one attached hydrogen (secondary N) is 1. The number of aliphatic hydroxyl groups excluding tert-OH is 1. The molecular weight excluding hydrogens is 346 g/mol. The van der Waals surface area contributed by atoms with Crippen LogP contribution in [0.4, 0.5) is 11.4 Å². The molecular formula is C16H11N3O7. The maximum absolute atomic E-state index is 12.6. The lowest BCUT2D eigenvalue weighted by Gasteiger charge is -2.09. The summed E-state index contributed by atoms with van der Waals surface area (Å²) in [7, 11) is 0. The molecule has 0 saturated heterocycles. The third kappa shape index (κ3) is 2.67. The van der Waals surface area contributed by atoms with E-state index in [1.807, 2.05) is 0 Å².